The number of esters is 1. The van der Waals surface area contributed by atoms with Crippen molar-refractivity contribution >= 4 is 17.3 Å². The van der Waals surface area contributed by atoms with E-state index in [-0.39, 0.29) is 12.0 Å². The third-order valence-electron chi connectivity index (χ3n) is 3.86. The van der Waals surface area contributed by atoms with Crippen molar-refractivity contribution in [2.24, 2.45) is 0 Å². The van der Waals surface area contributed by atoms with Crippen LogP contribution in [0.5, 0.6) is 0 Å². The van der Waals surface area contributed by atoms with Crippen molar-refractivity contribution in [3.8, 4) is 0 Å². The van der Waals surface area contributed by atoms with Gasteiger partial charge in [-0.2, -0.15) is 0 Å². The second kappa shape index (κ2) is 5.48. The first-order valence-corrected chi connectivity index (χ1v) is 6.98. The van der Waals surface area contributed by atoms with Gasteiger partial charge in [-0.15, -0.1) is 0 Å². The maximum Gasteiger partial charge on any atom is 0.340 e. The molecule has 0 aromatic heterocycles. The number of hydrogen-bond donors (Lipinski definition) is 2. The van der Waals surface area contributed by atoms with Crippen LogP contribution >= 0.6 is 0 Å². The van der Waals surface area contributed by atoms with Crippen LogP contribution < -0.4 is 11.1 Å². The van der Waals surface area contributed by atoms with Crippen molar-refractivity contribution in [1.82, 2.24) is 0 Å². The molecule has 3 rings (SSSR count). The topological polar surface area (TPSA) is 64.3 Å². The SMILES string of the molecule is COC(=O)c1cc(N)ccc1NC1Cc2ccccc2C1. The molecule has 4 heteroatoms. The molecule has 0 fully saturated rings. The molecule has 21 heavy (non-hydrogen) atoms. The molecule has 0 saturated carbocycles. The summed E-state index contributed by atoms with van der Waals surface area (Å²) >= 11 is 0. The monoisotopic (exact) mass is 282 g/mol. The van der Waals surface area contributed by atoms with Crippen LogP contribution in [0.15, 0.2) is 42.5 Å². The molecular formula is C17H18N2O2. The van der Waals surface area contributed by atoms with Crippen LogP contribution in [0, 0.1) is 0 Å². The predicted octanol–water partition coefficient (Wildman–Crippen LogP) is 2.63. The number of nitrogen functional groups attached to an aromatic ring is 1. The Bertz CT molecular complexity index is 657. The van der Waals surface area contributed by atoms with Crippen LogP contribution in [-0.2, 0) is 17.6 Å². The Hall–Kier alpha value is -2.49. The van der Waals surface area contributed by atoms with Crippen molar-refractivity contribution in [1.29, 1.82) is 0 Å². The van der Waals surface area contributed by atoms with Crippen LogP contribution in [-0.4, -0.2) is 19.1 Å². The largest absolute Gasteiger partial charge is 0.465 e. The van der Waals surface area contributed by atoms with Crippen LogP contribution in [0.3, 0.4) is 0 Å². The van der Waals surface area contributed by atoms with E-state index in [9.17, 15) is 4.79 Å². The summed E-state index contributed by atoms with van der Waals surface area (Å²) in [6, 6.07) is 14.0. The first-order valence-electron chi connectivity index (χ1n) is 6.98. The molecule has 0 saturated heterocycles. The lowest BCUT2D eigenvalue weighted by atomic mass is 10.1. The molecule has 0 bridgehead atoms. The van der Waals surface area contributed by atoms with Crippen LogP contribution in [0.2, 0.25) is 0 Å². The summed E-state index contributed by atoms with van der Waals surface area (Å²) in [5.74, 6) is -0.375. The number of ether oxygens (including phenoxy) is 1. The summed E-state index contributed by atoms with van der Waals surface area (Å²) in [6.07, 6.45) is 1.92. The van der Waals surface area contributed by atoms with Gasteiger partial charge in [0.15, 0.2) is 0 Å². The third kappa shape index (κ3) is 2.70. The van der Waals surface area contributed by atoms with Gasteiger partial charge in [-0.25, -0.2) is 4.79 Å². The van der Waals surface area contributed by atoms with Crippen molar-refractivity contribution < 1.29 is 9.53 Å². The lowest BCUT2D eigenvalue weighted by Crippen LogP contribution is -2.21. The lowest BCUT2D eigenvalue weighted by Gasteiger charge is -2.16. The standard InChI is InChI=1S/C17H18N2O2/c1-21-17(20)15-10-13(18)6-7-16(15)19-14-8-11-4-2-3-5-12(11)9-14/h2-7,10,14,19H,8-9,18H2,1H3. The van der Waals surface area contributed by atoms with Crippen molar-refractivity contribution in [3.05, 3.63) is 59.2 Å². The molecule has 2 aromatic rings. The third-order valence-corrected chi connectivity index (χ3v) is 3.86. The van der Waals surface area contributed by atoms with Gasteiger partial charge >= 0.3 is 5.97 Å². The molecule has 2 aromatic carbocycles. The average molecular weight is 282 g/mol. The van der Waals surface area contributed by atoms with Gasteiger partial charge in [0.2, 0.25) is 0 Å². The minimum Gasteiger partial charge on any atom is -0.465 e. The van der Waals surface area contributed by atoms with E-state index < -0.39 is 0 Å². The Balaban J connectivity index is 1.82. The summed E-state index contributed by atoms with van der Waals surface area (Å²) in [5, 5.41) is 3.44. The molecule has 0 aliphatic heterocycles. The summed E-state index contributed by atoms with van der Waals surface area (Å²) < 4.78 is 4.82. The number of carbonyl (C=O) groups is 1. The van der Waals surface area contributed by atoms with Crippen molar-refractivity contribution in [2.45, 2.75) is 18.9 Å². The number of benzene rings is 2. The molecule has 108 valence electrons. The van der Waals surface area contributed by atoms with Gasteiger partial charge in [-0.05, 0) is 42.2 Å². The predicted molar refractivity (Wildman–Crippen MR) is 83.5 cm³/mol. The highest BCUT2D eigenvalue weighted by Gasteiger charge is 2.22. The van der Waals surface area contributed by atoms with E-state index in [0.717, 1.165) is 18.5 Å². The number of rotatable bonds is 3. The fourth-order valence-corrected chi connectivity index (χ4v) is 2.85. The maximum atomic E-state index is 11.9. The molecule has 0 heterocycles. The van der Waals surface area contributed by atoms with Gasteiger partial charge < -0.3 is 15.8 Å². The number of carbonyl (C=O) groups excluding carboxylic acids is 1. The smallest absolute Gasteiger partial charge is 0.340 e. The van der Waals surface area contributed by atoms with Crippen molar-refractivity contribution in [3.63, 3.8) is 0 Å². The molecule has 0 spiro atoms. The first-order chi connectivity index (χ1) is 10.2. The summed E-state index contributed by atoms with van der Waals surface area (Å²) in [4.78, 5) is 11.9. The van der Waals surface area contributed by atoms with E-state index in [1.54, 1.807) is 12.1 Å². The Kier molecular flexibility index (Phi) is 3.52. The van der Waals surface area contributed by atoms with E-state index in [1.807, 2.05) is 6.07 Å². The highest BCUT2D eigenvalue weighted by atomic mass is 16.5. The zero-order valence-electron chi connectivity index (χ0n) is 11.9. The molecule has 3 N–H and O–H groups in total. The zero-order chi connectivity index (χ0) is 14.8. The number of hydrogen-bond acceptors (Lipinski definition) is 4. The first kappa shape index (κ1) is 13.5. The number of fused-ring (bicyclic) bond motifs is 1. The van der Waals surface area contributed by atoms with E-state index >= 15 is 0 Å². The fourth-order valence-electron chi connectivity index (χ4n) is 2.85. The summed E-state index contributed by atoms with van der Waals surface area (Å²) in [7, 11) is 1.38. The van der Waals surface area contributed by atoms with Gasteiger partial charge in [0.25, 0.3) is 0 Å². The van der Waals surface area contributed by atoms with E-state index in [0.29, 0.717) is 11.3 Å². The normalized spacial score (nSPS) is 13.8. The highest BCUT2D eigenvalue weighted by molar-refractivity contribution is 5.96. The van der Waals surface area contributed by atoms with Crippen LogP contribution in [0.1, 0.15) is 21.5 Å². The Morgan fingerprint density at radius 2 is 1.86 bits per heavy atom. The maximum absolute atomic E-state index is 11.9. The minimum absolute atomic E-state index is 0.287. The molecule has 1 aliphatic carbocycles. The van der Waals surface area contributed by atoms with Crippen LogP contribution in [0.25, 0.3) is 0 Å². The number of anilines is 2. The molecule has 4 nitrogen and oxygen atoms in total. The van der Waals surface area contributed by atoms with Gasteiger partial charge in [0.05, 0.1) is 12.7 Å². The Morgan fingerprint density at radius 1 is 1.19 bits per heavy atom. The van der Waals surface area contributed by atoms with Crippen LogP contribution in [0.4, 0.5) is 11.4 Å². The van der Waals surface area contributed by atoms with E-state index in [1.165, 1.54) is 18.2 Å². The Labute approximate surface area is 123 Å². The van der Waals surface area contributed by atoms with Gasteiger partial charge in [-0.1, -0.05) is 24.3 Å². The van der Waals surface area contributed by atoms with E-state index in [2.05, 4.69) is 29.6 Å². The fraction of sp³-hybridized carbons (Fsp3) is 0.235. The molecular weight excluding hydrogens is 264 g/mol. The molecule has 0 atom stereocenters. The minimum atomic E-state index is -0.375. The highest BCUT2D eigenvalue weighted by Crippen LogP contribution is 2.27. The molecule has 0 unspecified atom stereocenters. The molecule has 1 aliphatic rings. The Morgan fingerprint density at radius 3 is 2.48 bits per heavy atom. The molecule has 0 amide bonds. The number of nitrogens with one attached hydrogen (secondary N) is 1. The zero-order valence-corrected chi connectivity index (χ0v) is 11.9. The second-order valence-electron chi connectivity index (χ2n) is 5.31. The quantitative estimate of drug-likeness (QED) is 0.671. The van der Waals surface area contributed by atoms with E-state index in [4.69, 9.17) is 10.5 Å². The molecule has 0 radical (unpaired) electrons. The van der Waals surface area contributed by atoms with Gasteiger partial charge in [-0.3, -0.25) is 0 Å². The number of methoxy groups -OCH3 is 1. The average Bonchev–Trinajstić information content (AvgIpc) is 2.90. The van der Waals surface area contributed by atoms with Gasteiger partial charge in [0, 0.05) is 17.4 Å². The van der Waals surface area contributed by atoms with Gasteiger partial charge in [0.1, 0.15) is 0 Å². The lowest BCUT2D eigenvalue weighted by molar-refractivity contribution is 0.0602. The summed E-state index contributed by atoms with van der Waals surface area (Å²) in [5.41, 5.74) is 10.3. The number of nitrogens with two attached hydrogens (primary N) is 1. The van der Waals surface area contributed by atoms with Crippen molar-refractivity contribution in [2.75, 3.05) is 18.2 Å². The summed E-state index contributed by atoms with van der Waals surface area (Å²) in [6.45, 7) is 0. The second-order valence-corrected chi connectivity index (χ2v) is 5.31.